The molecule has 0 saturated heterocycles. The first-order valence-corrected chi connectivity index (χ1v) is 5.90. The Bertz CT molecular complexity index is 283. The summed E-state index contributed by atoms with van der Waals surface area (Å²) in [5, 5.41) is 0. The average Bonchev–Trinajstić information content (AvgIpc) is 2.15. The Morgan fingerprint density at radius 1 is 1.21 bits per heavy atom. The van der Waals surface area contributed by atoms with Crippen molar-refractivity contribution < 1.29 is 0 Å². The summed E-state index contributed by atoms with van der Waals surface area (Å²) in [7, 11) is 0. The molecule has 0 unspecified atom stereocenters. The van der Waals surface area contributed by atoms with Crippen molar-refractivity contribution in [2.24, 2.45) is 5.92 Å². The van der Waals surface area contributed by atoms with E-state index in [-0.39, 0.29) is 0 Å². The molecule has 0 aromatic heterocycles. The molecule has 0 atom stereocenters. The number of hydrogen-bond acceptors (Lipinski definition) is 0. The topological polar surface area (TPSA) is 0 Å². The Labute approximate surface area is 95.2 Å². The minimum absolute atomic E-state index is 0.796. The van der Waals surface area contributed by atoms with Crippen LogP contribution in [-0.4, -0.2) is 0 Å². The van der Waals surface area contributed by atoms with Crippen molar-refractivity contribution in [1.29, 1.82) is 0 Å². The molecule has 0 aliphatic heterocycles. The first kappa shape index (κ1) is 11.5. The quantitative estimate of drug-likeness (QED) is 0.716. The third-order valence-electron chi connectivity index (χ3n) is 2.09. The van der Waals surface area contributed by atoms with Crippen LogP contribution in [0.4, 0.5) is 0 Å². The van der Waals surface area contributed by atoms with Crippen LogP contribution in [0.15, 0.2) is 34.8 Å². The van der Waals surface area contributed by atoms with Crippen LogP contribution in [0.25, 0.3) is 6.08 Å². The summed E-state index contributed by atoms with van der Waals surface area (Å²) in [5.41, 5.74) is 1.27. The Morgan fingerprint density at radius 3 is 2.43 bits per heavy atom. The Balaban J connectivity index is 2.40. The number of benzene rings is 1. The zero-order valence-electron chi connectivity index (χ0n) is 8.83. The maximum Gasteiger partial charge on any atom is 0.0175 e. The van der Waals surface area contributed by atoms with E-state index in [9.17, 15) is 0 Å². The van der Waals surface area contributed by atoms with Gasteiger partial charge in [0.25, 0.3) is 0 Å². The number of halogens is 1. The highest BCUT2D eigenvalue weighted by molar-refractivity contribution is 9.10. The van der Waals surface area contributed by atoms with Crippen molar-refractivity contribution >= 4 is 22.0 Å². The second kappa shape index (κ2) is 6.02. The molecule has 0 nitrogen and oxygen atoms in total. The van der Waals surface area contributed by atoms with Crippen molar-refractivity contribution in [3.05, 3.63) is 40.4 Å². The molecule has 76 valence electrons. The number of rotatable bonds is 4. The fraction of sp³-hybridized carbons (Fsp3) is 0.385. The minimum Gasteiger partial charge on any atom is -0.0839 e. The molecule has 0 amide bonds. The van der Waals surface area contributed by atoms with Crippen molar-refractivity contribution in [3.8, 4) is 0 Å². The Kier molecular flexibility index (Phi) is 4.95. The van der Waals surface area contributed by atoms with E-state index in [0.29, 0.717) is 0 Å². The molecule has 0 fully saturated rings. The molecule has 0 aliphatic rings. The summed E-state index contributed by atoms with van der Waals surface area (Å²) >= 11 is 3.42. The standard InChI is InChI=1S/C13H17Br/c1-11(2)5-3-4-6-12-7-9-13(14)10-8-12/h4,6-11H,3,5H2,1-2H3/b6-4+. The van der Waals surface area contributed by atoms with Gasteiger partial charge in [0.05, 0.1) is 0 Å². The number of allylic oxidation sites excluding steroid dienone is 1. The van der Waals surface area contributed by atoms with Gasteiger partial charge in [-0.2, -0.15) is 0 Å². The molecule has 0 bridgehead atoms. The highest BCUT2D eigenvalue weighted by Gasteiger charge is 1.90. The third-order valence-corrected chi connectivity index (χ3v) is 2.62. The summed E-state index contributed by atoms with van der Waals surface area (Å²) < 4.78 is 1.14. The summed E-state index contributed by atoms with van der Waals surface area (Å²) in [5.74, 6) is 0.796. The first-order valence-electron chi connectivity index (χ1n) is 5.10. The van der Waals surface area contributed by atoms with E-state index >= 15 is 0 Å². The zero-order valence-corrected chi connectivity index (χ0v) is 10.4. The molecule has 1 aromatic rings. The van der Waals surface area contributed by atoms with Crippen LogP contribution in [0.1, 0.15) is 32.3 Å². The lowest BCUT2D eigenvalue weighted by atomic mass is 10.1. The molecule has 1 heteroatoms. The van der Waals surface area contributed by atoms with Crippen LogP contribution in [0.5, 0.6) is 0 Å². The van der Waals surface area contributed by atoms with Gasteiger partial charge >= 0.3 is 0 Å². The molecule has 1 aromatic carbocycles. The van der Waals surface area contributed by atoms with E-state index in [4.69, 9.17) is 0 Å². The van der Waals surface area contributed by atoms with Gasteiger partial charge < -0.3 is 0 Å². The van der Waals surface area contributed by atoms with E-state index in [2.05, 4.69) is 66.2 Å². The molecule has 0 heterocycles. The van der Waals surface area contributed by atoms with E-state index in [1.165, 1.54) is 18.4 Å². The second-order valence-corrected chi connectivity index (χ2v) is 4.84. The van der Waals surface area contributed by atoms with Crippen LogP contribution >= 0.6 is 15.9 Å². The first-order chi connectivity index (χ1) is 6.68. The summed E-state index contributed by atoms with van der Waals surface area (Å²) in [6, 6.07) is 8.39. The van der Waals surface area contributed by atoms with Gasteiger partial charge in [0, 0.05) is 4.47 Å². The van der Waals surface area contributed by atoms with Crippen molar-refractivity contribution in [1.82, 2.24) is 0 Å². The van der Waals surface area contributed by atoms with Gasteiger partial charge in [0.1, 0.15) is 0 Å². The van der Waals surface area contributed by atoms with Crippen LogP contribution in [0.2, 0.25) is 0 Å². The van der Waals surface area contributed by atoms with Gasteiger partial charge in [-0.15, -0.1) is 0 Å². The summed E-state index contributed by atoms with van der Waals surface area (Å²) in [6.07, 6.45) is 6.89. The molecule has 14 heavy (non-hydrogen) atoms. The van der Waals surface area contributed by atoms with Crippen molar-refractivity contribution in [3.63, 3.8) is 0 Å². The van der Waals surface area contributed by atoms with E-state index < -0.39 is 0 Å². The largest absolute Gasteiger partial charge is 0.0839 e. The molecule has 0 spiro atoms. The fourth-order valence-electron chi connectivity index (χ4n) is 1.22. The normalized spacial score (nSPS) is 11.4. The van der Waals surface area contributed by atoms with Crippen LogP contribution in [0.3, 0.4) is 0 Å². The molecule has 0 aliphatic carbocycles. The predicted molar refractivity (Wildman–Crippen MR) is 67.2 cm³/mol. The molecular formula is C13H17Br. The highest BCUT2D eigenvalue weighted by Crippen LogP contribution is 2.12. The molecule has 0 radical (unpaired) electrons. The predicted octanol–water partition coefficient (Wildman–Crippen LogP) is 4.90. The van der Waals surface area contributed by atoms with Crippen LogP contribution in [0, 0.1) is 5.92 Å². The number of hydrogen-bond donors (Lipinski definition) is 0. The third kappa shape index (κ3) is 4.61. The highest BCUT2D eigenvalue weighted by atomic mass is 79.9. The van der Waals surface area contributed by atoms with Gasteiger partial charge in [-0.25, -0.2) is 0 Å². The van der Waals surface area contributed by atoms with Crippen molar-refractivity contribution in [2.75, 3.05) is 0 Å². The smallest absolute Gasteiger partial charge is 0.0175 e. The van der Waals surface area contributed by atoms with Gasteiger partial charge in [0.2, 0.25) is 0 Å². The van der Waals surface area contributed by atoms with E-state index in [1.54, 1.807) is 0 Å². The lowest BCUT2D eigenvalue weighted by molar-refractivity contribution is 0.595. The Hall–Kier alpha value is -0.560. The monoisotopic (exact) mass is 252 g/mol. The van der Waals surface area contributed by atoms with Crippen LogP contribution < -0.4 is 0 Å². The van der Waals surface area contributed by atoms with Crippen molar-refractivity contribution in [2.45, 2.75) is 26.7 Å². The SMILES string of the molecule is CC(C)CC/C=C/c1ccc(Br)cc1. The zero-order chi connectivity index (χ0) is 10.4. The molecule has 1 rings (SSSR count). The maximum absolute atomic E-state index is 3.42. The lowest BCUT2D eigenvalue weighted by Gasteiger charge is -1.99. The maximum atomic E-state index is 3.42. The summed E-state index contributed by atoms with van der Waals surface area (Å²) in [4.78, 5) is 0. The van der Waals surface area contributed by atoms with Gasteiger partial charge in [-0.1, -0.05) is 54.1 Å². The average molecular weight is 253 g/mol. The second-order valence-electron chi connectivity index (χ2n) is 3.93. The Morgan fingerprint density at radius 2 is 1.86 bits per heavy atom. The van der Waals surface area contributed by atoms with E-state index in [1.807, 2.05) is 0 Å². The minimum atomic E-state index is 0.796. The van der Waals surface area contributed by atoms with Gasteiger partial charge in [-0.05, 0) is 36.5 Å². The molecule has 0 N–H and O–H groups in total. The van der Waals surface area contributed by atoms with Crippen LogP contribution in [-0.2, 0) is 0 Å². The van der Waals surface area contributed by atoms with Gasteiger partial charge in [0.15, 0.2) is 0 Å². The van der Waals surface area contributed by atoms with E-state index in [0.717, 1.165) is 10.4 Å². The molecule has 0 saturated carbocycles. The summed E-state index contributed by atoms with van der Waals surface area (Å²) in [6.45, 7) is 4.51. The fourth-order valence-corrected chi connectivity index (χ4v) is 1.49. The van der Waals surface area contributed by atoms with Gasteiger partial charge in [-0.3, -0.25) is 0 Å². The lowest BCUT2D eigenvalue weighted by Crippen LogP contribution is -1.83. The molecular weight excluding hydrogens is 236 g/mol.